The Bertz CT molecular complexity index is 1090. The van der Waals surface area contributed by atoms with Gasteiger partial charge < -0.3 is 5.73 Å². The number of rotatable bonds is 4. The maximum Gasteiger partial charge on any atom is 0.263 e. The van der Waals surface area contributed by atoms with Crippen molar-refractivity contribution in [3.63, 3.8) is 0 Å². The van der Waals surface area contributed by atoms with Crippen LogP contribution >= 0.6 is 11.6 Å². The van der Waals surface area contributed by atoms with E-state index in [-0.39, 0.29) is 27.0 Å². The van der Waals surface area contributed by atoms with Gasteiger partial charge in [0.1, 0.15) is 22.3 Å². The Balaban J connectivity index is 2.07. The van der Waals surface area contributed by atoms with Crippen molar-refractivity contribution >= 4 is 33.1 Å². The Kier molecular flexibility index (Phi) is 4.35. The van der Waals surface area contributed by atoms with Gasteiger partial charge in [-0.05, 0) is 24.3 Å². The monoisotopic (exact) mass is 373 g/mol. The summed E-state index contributed by atoms with van der Waals surface area (Å²) in [5.41, 5.74) is 6.73. The van der Waals surface area contributed by atoms with E-state index in [1.165, 1.54) is 23.0 Å². The molecule has 0 unspecified atom stereocenters. The number of halogens is 1. The molecule has 0 aliphatic carbocycles. The Morgan fingerprint density at radius 1 is 1.16 bits per heavy atom. The lowest BCUT2D eigenvalue weighted by Gasteiger charge is -2.14. The van der Waals surface area contributed by atoms with Crippen LogP contribution in [-0.2, 0) is 10.0 Å². The molecule has 0 aliphatic rings. The molecule has 9 heteroatoms. The summed E-state index contributed by atoms with van der Waals surface area (Å²) in [4.78, 5) is -0.0439. The molecule has 2 aromatic carbocycles. The molecule has 0 saturated carbocycles. The molecule has 3 rings (SSSR count). The van der Waals surface area contributed by atoms with Gasteiger partial charge in [-0.1, -0.05) is 35.9 Å². The molecule has 0 aliphatic heterocycles. The summed E-state index contributed by atoms with van der Waals surface area (Å²) in [5.74, 6) is 0.117. The smallest absolute Gasteiger partial charge is 0.263 e. The highest BCUT2D eigenvalue weighted by Gasteiger charge is 2.20. The van der Waals surface area contributed by atoms with Gasteiger partial charge in [-0.25, -0.2) is 13.1 Å². The second-order valence-electron chi connectivity index (χ2n) is 5.02. The van der Waals surface area contributed by atoms with E-state index in [0.717, 1.165) is 0 Å². The number of anilines is 2. The van der Waals surface area contributed by atoms with Crippen molar-refractivity contribution in [1.82, 2.24) is 9.78 Å². The predicted octanol–water partition coefficient (Wildman–Crippen LogP) is 2.78. The van der Waals surface area contributed by atoms with Crippen molar-refractivity contribution in [1.29, 1.82) is 5.26 Å². The van der Waals surface area contributed by atoms with Crippen molar-refractivity contribution in [3.05, 3.63) is 65.3 Å². The first-order chi connectivity index (χ1) is 11.9. The molecule has 1 aromatic heterocycles. The van der Waals surface area contributed by atoms with Crippen LogP contribution in [0, 0.1) is 11.3 Å². The molecular weight excluding hydrogens is 362 g/mol. The van der Waals surface area contributed by atoms with Crippen molar-refractivity contribution in [2.45, 2.75) is 4.90 Å². The molecule has 126 valence electrons. The van der Waals surface area contributed by atoms with Gasteiger partial charge in [0.05, 0.1) is 22.6 Å². The maximum atomic E-state index is 12.6. The molecule has 0 bridgehead atoms. The third-order valence-corrected chi connectivity index (χ3v) is 5.29. The van der Waals surface area contributed by atoms with E-state index in [4.69, 9.17) is 22.6 Å². The van der Waals surface area contributed by atoms with Crippen molar-refractivity contribution in [3.8, 4) is 11.8 Å². The average Bonchev–Trinajstić information content (AvgIpc) is 2.96. The minimum absolute atomic E-state index is 0.0439. The van der Waals surface area contributed by atoms with Gasteiger partial charge in [0, 0.05) is 0 Å². The zero-order valence-corrected chi connectivity index (χ0v) is 14.3. The van der Waals surface area contributed by atoms with Crippen LogP contribution in [0.1, 0.15) is 5.56 Å². The highest BCUT2D eigenvalue weighted by molar-refractivity contribution is 7.92. The topological polar surface area (TPSA) is 114 Å². The van der Waals surface area contributed by atoms with Gasteiger partial charge in [-0.2, -0.15) is 10.4 Å². The quantitative estimate of drug-likeness (QED) is 0.729. The zero-order valence-electron chi connectivity index (χ0n) is 12.7. The molecule has 0 spiro atoms. The third-order valence-electron chi connectivity index (χ3n) is 3.43. The molecule has 3 aromatic rings. The number of nitrogens with one attached hydrogen (secondary N) is 1. The molecule has 1 heterocycles. The van der Waals surface area contributed by atoms with E-state index < -0.39 is 10.0 Å². The van der Waals surface area contributed by atoms with Gasteiger partial charge in [0.15, 0.2) is 0 Å². The molecule has 7 nitrogen and oxygen atoms in total. The molecule has 0 fully saturated rings. The van der Waals surface area contributed by atoms with E-state index in [2.05, 4.69) is 9.82 Å². The molecule has 0 saturated heterocycles. The second-order valence-corrected chi connectivity index (χ2v) is 7.08. The zero-order chi connectivity index (χ0) is 18.0. The molecule has 25 heavy (non-hydrogen) atoms. The standard InChI is InChI=1S/C16H12ClN5O2S/c17-12-5-1-4-8-15(12)25(23,24)21-13-6-2-3-7-14(13)22-16(19)11(9-18)10-20-22/h1-8,10,21H,19H2. The van der Waals surface area contributed by atoms with Crippen LogP contribution < -0.4 is 10.5 Å². The summed E-state index contributed by atoms with van der Waals surface area (Å²) >= 11 is 5.99. The lowest BCUT2D eigenvalue weighted by Crippen LogP contribution is -2.15. The fraction of sp³-hybridized carbons (Fsp3) is 0. The van der Waals surface area contributed by atoms with E-state index in [1.807, 2.05) is 6.07 Å². The number of nitrogens with zero attached hydrogens (tertiary/aromatic N) is 3. The number of nitrogen functional groups attached to an aromatic ring is 1. The van der Waals surface area contributed by atoms with E-state index in [1.54, 1.807) is 36.4 Å². The minimum atomic E-state index is -3.91. The van der Waals surface area contributed by atoms with Crippen molar-refractivity contribution in [2.75, 3.05) is 10.5 Å². The molecule has 3 N–H and O–H groups in total. The number of hydrogen-bond donors (Lipinski definition) is 2. The second kappa shape index (κ2) is 6.47. The number of aromatic nitrogens is 2. The van der Waals surface area contributed by atoms with Crippen LogP contribution in [-0.4, -0.2) is 18.2 Å². The summed E-state index contributed by atoms with van der Waals surface area (Å²) in [5, 5.41) is 13.2. The van der Waals surface area contributed by atoms with E-state index in [0.29, 0.717) is 5.69 Å². The van der Waals surface area contributed by atoms with Crippen LogP contribution in [0.2, 0.25) is 5.02 Å². The van der Waals surface area contributed by atoms with Gasteiger partial charge in [0.25, 0.3) is 10.0 Å². The lowest BCUT2D eigenvalue weighted by molar-refractivity contribution is 0.601. The van der Waals surface area contributed by atoms with Crippen LogP contribution in [0.4, 0.5) is 11.5 Å². The van der Waals surface area contributed by atoms with Crippen LogP contribution in [0.15, 0.2) is 59.6 Å². The normalized spacial score (nSPS) is 11.0. The van der Waals surface area contributed by atoms with Gasteiger partial charge >= 0.3 is 0 Å². The Hall–Kier alpha value is -3.02. The summed E-state index contributed by atoms with van der Waals surface area (Å²) in [6.45, 7) is 0. The molecular formula is C16H12ClN5O2S. The van der Waals surface area contributed by atoms with E-state index in [9.17, 15) is 8.42 Å². The highest BCUT2D eigenvalue weighted by Crippen LogP contribution is 2.28. The third kappa shape index (κ3) is 3.15. The molecule has 0 atom stereocenters. The lowest BCUT2D eigenvalue weighted by atomic mass is 10.2. The fourth-order valence-electron chi connectivity index (χ4n) is 2.24. The van der Waals surface area contributed by atoms with Crippen LogP contribution in [0.25, 0.3) is 5.69 Å². The Morgan fingerprint density at radius 3 is 2.52 bits per heavy atom. The number of nitrogens with two attached hydrogens (primary N) is 1. The highest BCUT2D eigenvalue weighted by atomic mass is 35.5. The van der Waals surface area contributed by atoms with Crippen molar-refractivity contribution in [2.24, 2.45) is 0 Å². The number of benzene rings is 2. The number of para-hydroxylation sites is 2. The maximum absolute atomic E-state index is 12.6. The van der Waals surface area contributed by atoms with Crippen molar-refractivity contribution < 1.29 is 8.42 Å². The summed E-state index contributed by atoms with van der Waals surface area (Å²) in [7, 11) is -3.91. The Morgan fingerprint density at radius 2 is 1.84 bits per heavy atom. The predicted molar refractivity (Wildman–Crippen MR) is 95.0 cm³/mol. The van der Waals surface area contributed by atoms with Gasteiger partial charge in [-0.3, -0.25) is 4.72 Å². The minimum Gasteiger partial charge on any atom is -0.382 e. The van der Waals surface area contributed by atoms with Crippen LogP contribution in [0.3, 0.4) is 0 Å². The average molecular weight is 374 g/mol. The first kappa shape index (κ1) is 16.8. The molecule has 0 amide bonds. The SMILES string of the molecule is N#Cc1cnn(-c2ccccc2NS(=O)(=O)c2ccccc2Cl)c1N. The van der Waals surface area contributed by atoms with Crippen LogP contribution in [0.5, 0.6) is 0 Å². The first-order valence-electron chi connectivity index (χ1n) is 7.04. The summed E-state index contributed by atoms with van der Waals surface area (Å²) < 4.78 is 29.1. The van der Waals surface area contributed by atoms with Gasteiger partial charge in [0.2, 0.25) is 0 Å². The van der Waals surface area contributed by atoms with E-state index >= 15 is 0 Å². The van der Waals surface area contributed by atoms with Gasteiger partial charge in [-0.15, -0.1) is 0 Å². The summed E-state index contributed by atoms with van der Waals surface area (Å²) in [6, 6.07) is 14.6. The fourth-order valence-corrected chi connectivity index (χ4v) is 3.84. The number of nitriles is 1. The molecule has 0 radical (unpaired) electrons. The number of sulfonamides is 1. The summed E-state index contributed by atoms with van der Waals surface area (Å²) in [6.07, 6.45) is 1.31. The number of hydrogen-bond acceptors (Lipinski definition) is 5. The largest absolute Gasteiger partial charge is 0.382 e. The Labute approximate surface area is 149 Å². The first-order valence-corrected chi connectivity index (χ1v) is 8.90.